The first-order valence-corrected chi connectivity index (χ1v) is 14.2. The molecule has 39 heavy (non-hydrogen) atoms. The summed E-state index contributed by atoms with van der Waals surface area (Å²) in [5.41, 5.74) is 1.14. The van der Waals surface area contributed by atoms with E-state index in [0.717, 1.165) is 34.0 Å². The Bertz CT molecular complexity index is 1470. The molecule has 2 bridgehead atoms. The second-order valence-electron chi connectivity index (χ2n) is 11.9. The van der Waals surface area contributed by atoms with Crippen LogP contribution in [0.5, 0.6) is 0 Å². The summed E-state index contributed by atoms with van der Waals surface area (Å²) in [4.78, 5) is 42.5. The number of nitrogens with one attached hydrogen (secondary N) is 1. The highest BCUT2D eigenvalue weighted by molar-refractivity contribution is 6.07. The molecule has 1 aliphatic heterocycles. The van der Waals surface area contributed by atoms with Gasteiger partial charge < -0.3 is 5.32 Å². The number of rotatable bonds is 7. The van der Waals surface area contributed by atoms with E-state index in [1.165, 1.54) is 0 Å². The highest BCUT2D eigenvalue weighted by atomic mass is 16.2. The number of likely N-dealkylation sites (tertiary alicyclic amines) is 1. The van der Waals surface area contributed by atoms with Crippen molar-refractivity contribution in [3.05, 3.63) is 90.0 Å². The number of nitrogens with zero attached hydrogens (tertiary/aromatic N) is 1. The summed E-state index contributed by atoms with van der Waals surface area (Å²) in [5, 5.41) is 5.27. The second-order valence-corrected chi connectivity index (χ2v) is 11.9. The van der Waals surface area contributed by atoms with E-state index in [1.807, 2.05) is 94.4 Å². The Morgan fingerprint density at radius 3 is 2.03 bits per heavy atom. The highest BCUT2D eigenvalue weighted by Crippen LogP contribution is 2.55. The van der Waals surface area contributed by atoms with Crippen molar-refractivity contribution in [2.45, 2.75) is 57.9 Å². The number of anilines is 1. The smallest absolute Gasteiger partial charge is 0.234 e. The Morgan fingerprint density at radius 1 is 0.821 bits per heavy atom. The molecule has 1 N–H and O–H groups in total. The van der Waals surface area contributed by atoms with E-state index in [1.54, 1.807) is 4.90 Å². The molecule has 5 nitrogen and oxygen atoms in total. The quantitative estimate of drug-likeness (QED) is 0.283. The van der Waals surface area contributed by atoms with E-state index >= 15 is 0 Å². The Labute approximate surface area is 230 Å². The Hall–Kier alpha value is -3.73. The molecule has 2 fully saturated rings. The molecule has 3 aromatic carbocycles. The van der Waals surface area contributed by atoms with Crippen molar-refractivity contribution < 1.29 is 14.4 Å². The van der Waals surface area contributed by atoms with E-state index in [9.17, 15) is 14.4 Å². The predicted molar refractivity (Wildman–Crippen MR) is 154 cm³/mol. The number of hydrogen-bond acceptors (Lipinski definition) is 3. The predicted octanol–water partition coefficient (Wildman–Crippen LogP) is 6.58. The van der Waals surface area contributed by atoms with Gasteiger partial charge in [-0.25, -0.2) is 0 Å². The van der Waals surface area contributed by atoms with Crippen LogP contribution < -0.4 is 5.32 Å². The third kappa shape index (κ3) is 3.70. The van der Waals surface area contributed by atoms with Crippen molar-refractivity contribution in [3.63, 3.8) is 0 Å². The fourth-order valence-corrected chi connectivity index (χ4v) is 7.17. The van der Waals surface area contributed by atoms with Gasteiger partial charge in [-0.15, -0.1) is 0 Å². The maximum absolute atomic E-state index is 13.7. The first-order chi connectivity index (χ1) is 18.7. The minimum absolute atomic E-state index is 0.0249. The molecule has 5 heteroatoms. The van der Waals surface area contributed by atoms with E-state index < -0.39 is 11.0 Å². The largest absolute Gasteiger partial charge is 0.325 e. The molecule has 0 aromatic heterocycles. The van der Waals surface area contributed by atoms with Gasteiger partial charge in [-0.1, -0.05) is 86.7 Å². The summed E-state index contributed by atoms with van der Waals surface area (Å²) >= 11 is 0. The van der Waals surface area contributed by atoms with Crippen molar-refractivity contribution >= 4 is 34.2 Å². The van der Waals surface area contributed by atoms with Crippen molar-refractivity contribution in [2.75, 3.05) is 5.32 Å². The first-order valence-electron chi connectivity index (χ1n) is 14.2. The van der Waals surface area contributed by atoms with Crippen molar-refractivity contribution in [1.82, 2.24) is 4.90 Å². The Morgan fingerprint density at radius 2 is 1.41 bits per heavy atom. The van der Waals surface area contributed by atoms with E-state index in [-0.39, 0.29) is 41.4 Å². The lowest BCUT2D eigenvalue weighted by Crippen LogP contribution is -2.48. The van der Waals surface area contributed by atoms with Crippen LogP contribution in [0.4, 0.5) is 5.69 Å². The van der Waals surface area contributed by atoms with Crippen molar-refractivity contribution in [2.24, 2.45) is 23.7 Å². The van der Waals surface area contributed by atoms with Gasteiger partial charge in [-0.2, -0.15) is 0 Å². The molecule has 3 aromatic rings. The van der Waals surface area contributed by atoms with Crippen LogP contribution in [0.25, 0.3) is 10.8 Å². The third-order valence-corrected chi connectivity index (χ3v) is 10.0. The minimum atomic E-state index is -0.751. The number of amides is 3. The van der Waals surface area contributed by atoms with Crippen LogP contribution in [0.15, 0.2) is 78.9 Å². The topological polar surface area (TPSA) is 66.5 Å². The highest BCUT2D eigenvalue weighted by Gasteiger charge is 2.62. The zero-order chi connectivity index (χ0) is 27.5. The maximum Gasteiger partial charge on any atom is 0.234 e. The van der Waals surface area contributed by atoms with Gasteiger partial charge in [0.2, 0.25) is 17.7 Å². The lowest BCUT2D eigenvalue weighted by molar-refractivity contribution is -0.148. The molecule has 1 saturated heterocycles. The summed E-state index contributed by atoms with van der Waals surface area (Å²) < 4.78 is 0. The molecule has 3 amide bonds. The van der Waals surface area contributed by atoms with Gasteiger partial charge >= 0.3 is 0 Å². The van der Waals surface area contributed by atoms with Gasteiger partial charge in [0, 0.05) is 11.1 Å². The molecule has 200 valence electrons. The normalized spacial score (nSPS) is 26.5. The number of allylic oxidation sites excluding steroid dienone is 2. The standard InChI is InChI=1S/C34H36N2O3/c1-5-33(3,32(39)35-27-13-9-11-21-10-7-8-12-26(21)27)24-16-18-25(19-17-24)34(4,6-2)36-30(37)28-22-14-15-23(20-22)29(28)31(36)38/h7-19,22-23,28-29H,5-6,20H2,1-4H3,(H,35,39)/t22-,23+,28-,29+,33-,34+/m1/s1. The average Bonchev–Trinajstić information content (AvgIpc) is 3.66. The molecular weight excluding hydrogens is 484 g/mol. The lowest BCUT2D eigenvalue weighted by atomic mass is 9.77. The van der Waals surface area contributed by atoms with Crippen LogP contribution in [-0.2, 0) is 25.3 Å². The van der Waals surface area contributed by atoms with E-state index in [2.05, 4.69) is 17.5 Å². The summed E-state index contributed by atoms with van der Waals surface area (Å²) in [5.74, 6) is -0.150. The fraction of sp³-hybridized carbons (Fsp3) is 0.382. The Balaban J connectivity index is 1.28. The molecule has 6 rings (SSSR count). The van der Waals surface area contributed by atoms with Crippen LogP contribution in [0.2, 0.25) is 0 Å². The van der Waals surface area contributed by atoms with Crippen LogP contribution in [0, 0.1) is 23.7 Å². The lowest BCUT2D eigenvalue weighted by Gasteiger charge is -2.38. The van der Waals surface area contributed by atoms with Gasteiger partial charge in [0.1, 0.15) is 0 Å². The number of fused-ring (bicyclic) bond motifs is 6. The average molecular weight is 521 g/mol. The number of benzene rings is 3. The number of carbonyl (C=O) groups is 3. The fourth-order valence-electron chi connectivity index (χ4n) is 7.17. The SMILES string of the molecule is CC[C@@](C)(C(=O)Nc1cccc2ccccc12)c1ccc([C@](C)(CC)N2C(=O)[C@@H]3[C@H](C2=O)[C@@H]2C=C[C@H]3C2)cc1. The molecular formula is C34H36N2O3. The van der Waals surface area contributed by atoms with Crippen LogP contribution >= 0.6 is 0 Å². The number of hydrogen-bond donors (Lipinski definition) is 1. The number of carbonyl (C=O) groups excluding carboxylic acids is 3. The zero-order valence-corrected chi connectivity index (χ0v) is 23.1. The van der Waals surface area contributed by atoms with Gasteiger partial charge in [0.25, 0.3) is 0 Å². The maximum atomic E-state index is 13.7. The first kappa shape index (κ1) is 25.5. The van der Waals surface area contributed by atoms with Crippen LogP contribution in [-0.4, -0.2) is 22.6 Å². The van der Waals surface area contributed by atoms with Crippen molar-refractivity contribution in [1.29, 1.82) is 0 Å². The van der Waals surface area contributed by atoms with Crippen LogP contribution in [0.1, 0.15) is 58.1 Å². The van der Waals surface area contributed by atoms with Gasteiger partial charge in [-0.05, 0) is 67.5 Å². The summed E-state index contributed by atoms with van der Waals surface area (Å²) in [6, 6.07) is 21.9. The molecule has 0 radical (unpaired) electrons. The van der Waals surface area contributed by atoms with E-state index in [0.29, 0.717) is 12.8 Å². The molecule has 1 heterocycles. The van der Waals surface area contributed by atoms with Crippen LogP contribution in [0.3, 0.4) is 0 Å². The monoisotopic (exact) mass is 520 g/mol. The zero-order valence-electron chi connectivity index (χ0n) is 23.1. The van der Waals surface area contributed by atoms with E-state index in [4.69, 9.17) is 0 Å². The molecule has 0 spiro atoms. The molecule has 0 unspecified atom stereocenters. The van der Waals surface area contributed by atoms with Crippen molar-refractivity contribution in [3.8, 4) is 0 Å². The summed E-state index contributed by atoms with van der Waals surface area (Å²) in [7, 11) is 0. The Kier molecular flexibility index (Phi) is 6.01. The minimum Gasteiger partial charge on any atom is -0.325 e. The number of imide groups is 1. The second kappa shape index (κ2) is 9.18. The summed E-state index contributed by atoms with van der Waals surface area (Å²) in [6.45, 7) is 8.03. The van der Waals surface area contributed by atoms with Gasteiger partial charge in [0.05, 0.1) is 22.8 Å². The molecule has 6 atom stereocenters. The third-order valence-electron chi connectivity index (χ3n) is 10.0. The molecule has 2 aliphatic carbocycles. The molecule has 1 saturated carbocycles. The summed E-state index contributed by atoms with van der Waals surface area (Å²) in [6.07, 6.45) is 6.43. The van der Waals surface area contributed by atoms with Gasteiger partial charge in [-0.3, -0.25) is 19.3 Å². The van der Waals surface area contributed by atoms with Gasteiger partial charge in [0.15, 0.2) is 0 Å². The molecule has 3 aliphatic rings.